The van der Waals surface area contributed by atoms with Gasteiger partial charge in [0.05, 0.1) is 0 Å². The SMILES string of the molecule is COCCC(Nc1cc2ccccc2c(=O)[nH]1)C(=O)O. The van der Waals surface area contributed by atoms with Crippen LogP contribution in [0.5, 0.6) is 0 Å². The zero-order chi connectivity index (χ0) is 14.5. The molecule has 1 atom stereocenters. The van der Waals surface area contributed by atoms with Gasteiger partial charge in [-0.15, -0.1) is 0 Å². The van der Waals surface area contributed by atoms with Crippen LogP contribution in [0.1, 0.15) is 6.42 Å². The Morgan fingerprint density at radius 2 is 2.20 bits per heavy atom. The summed E-state index contributed by atoms with van der Waals surface area (Å²) in [4.78, 5) is 25.7. The number of ether oxygens (including phenoxy) is 1. The Hall–Kier alpha value is -2.34. The van der Waals surface area contributed by atoms with Crippen LogP contribution in [0.4, 0.5) is 5.82 Å². The highest BCUT2D eigenvalue weighted by molar-refractivity contribution is 5.84. The number of hydrogen-bond acceptors (Lipinski definition) is 4. The van der Waals surface area contributed by atoms with Crippen LogP contribution in [0, 0.1) is 0 Å². The molecule has 0 saturated heterocycles. The number of carboxylic acid groups (broad SMARTS) is 1. The van der Waals surface area contributed by atoms with E-state index in [2.05, 4.69) is 10.3 Å². The van der Waals surface area contributed by atoms with Crippen molar-refractivity contribution in [3.05, 3.63) is 40.7 Å². The molecule has 0 aliphatic rings. The lowest BCUT2D eigenvalue weighted by atomic mass is 10.1. The quantitative estimate of drug-likeness (QED) is 0.742. The molecule has 0 bridgehead atoms. The van der Waals surface area contributed by atoms with Crippen molar-refractivity contribution in [3.63, 3.8) is 0 Å². The van der Waals surface area contributed by atoms with Gasteiger partial charge in [-0.3, -0.25) is 4.79 Å². The fourth-order valence-corrected chi connectivity index (χ4v) is 1.97. The minimum Gasteiger partial charge on any atom is -0.480 e. The monoisotopic (exact) mass is 276 g/mol. The van der Waals surface area contributed by atoms with Crippen LogP contribution in [0.25, 0.3) is 10.8 Å². The number of aromatic amines is 1. The number of fused-ring (bicyclic) bond motifs is 1. The van der Waals surface area contributed by atoms with E-state index in [-0.39, 0.29) is 5.56 Å². The van der Waals surface area contributed by atoms with E-state index in [1.54, 1.807) is 24.3 Å². The number of aromatic nitrogens is 1. The van der Waals surface area contributed by atoms with Crippen LogP contribution < -0.4 is 10.9 Å². The van der Waals surface area contributed by atoms with Crippen molar-refractivity contribution in [2.75, 3.05) is 19.0 Å². The molecule has 1 aromatic carbocycles. The number of H-pyrrole nitrogens is 1. The Kier molecular flexibility index (Phi) is 4.37. The fraction of sp³-hybridized carbons (Fsp3) is 0.286. The molecular weight excluding hydrogens is 260 g/mol. The van der Waals surface area contributed by atoms with Gasteiger partial charge in [-0.2, -0.15) is 0 Å². The van der Waals surface area contributed by atoms with Gasteiger partial charge < -0.3 is 20.1 Å². The van der Waals surface area contributed by atoms with Crippen molar-refractivity contribution in [1.29, 1.82) is 0 Å². The van der Waals surface area contributed by atoms with Gasteiger partial charge in [-0.05, 0) is 17.5 Å². The molecule has 0 aliphatic carbocycles. The van der Waals surface area contributed by atoms with Crippen LogP contribution in [-0.4, -0.2) is 35.8 Å². The van der Waals surface area contributed by atoms with Crippen LogP contribution in [0.15, 0.2) is 35.1 Å². The second-order valence-corrected chi connectivity index (χ2v) is 4.42. The van der Waals surface area contributed by atoms with E-state index < -0.39 is 12.0 Å². The predicted molar refractivity (Wildman–Crippen MR) is 76.1 cm³/mol. The lowest BCUT2D eigenvalue weighted by molar-refractivity contribution is -0.138. The topological polar surface area (TPSA) is 91.4 Å². The first-order chi connectivity index (χ1) is 9.61. The fourth-order valence-electron chi connectivity index (χ4n) is 1.97. The van der Waals surface area contributed by atoms with Crippen molar-refractivity contribution in [2.45, 2.75) is 12.5 Å². The molecule has 0 spiro atoms. The van der Waals surface area contributed by atoms with Crippen molar-refractivity contribution < 1.29 is 14.6 Å². The normalized spacial score (nSPS) is 12.2. The molecule has 6 heteroatoms. The maximum absolute atomic E-state index is 11.9. The highest BCUT2D eigenvalue weighted by Crippen LogP contribution is 2.14. The molecule has 20 heavy (non-hydrogen) atoms. The Morgan fingerprint density at radius 3 is 2.90 bits per heavy atom. The average molecular weight is 276 g/mol. The lowest BCUT2D eigenvalue weighted by Gasteiger charge is -2.15. The van der Waals surface area contributed by atoms with Gasteiger partial charge in [-0.25, -0.2) is 4.79 Å². The number of carbonyl (C=O) groups is 1. The molecule has 2 aromatic rings. The Bertz CT molecular complexity index is 666. The zero-order valence-electron chi connectivity index (χ0n) is 11.1. The number of methoxy groups -OCH3 is 1. The molecule has 106 valence electrons. The van der Waals surface area contributed by atoms with Gasteiger partial charge >= 0.3 is 5.97 Å². The van der Waals surface area contributed by atoms with Crippen LogP contribution in [0.2, 0.25) is 0 Å². The van der Waals surface area contributed by atoms with E-state index in [0.717, 1.165) is 5.39 Å². The number of anilines is 1. The van der Waals surface area contributed by atoms with Crippen LogP contribution in [-0.2, 0) is 9.53 Å². The maximum atomic E-state index is 11.9. The summed E-state index contributed by atoms with van der Waals surface area (Å²) in [5, 5.41) is 13.3. The summed E-state index contributed by atoms with van der Waals surface area (Å²) in [6.45, 7) is 0.321. The molecule has 1 unspecified atom stereocenters. The third-order valence-corrected chi connectivity index (χ3v) is 2.99. The number of aliphatic carboxylic acids is 1. The van der Waals surface area contributed by atoms with Crippen molar-refractivity contribution >= 4 is 22.6 Å². The first-order valence-corrected chi connectivity index (χ1v) is 6.22. The molecule has 1 heterocycles. The van der Waals surface area contributed by atoms with E-state index >= 15 is 0 Å². The van der Waals surface area contributed by atoms with Crippen LogP contribution >= 0.6 is 0 Å². The zero-order valence-corrected chi connectivity index (χ0v) is 11.1. The summed E-state index contributed by atoms with van der Waals surface area (Å²) in [6.07, 6.45) is 0.306. The van der Waals surface area contributed by atoms with E-state index in [4.69, 9.17) is 9.84 Å². The van der Waals surface area contributed by atoms with Gasteiger partial charge in [0.15, 0.2) is 0 Å². The van der Waals surface area contributed by atoms with E-state index in [9.17, 15) is 9.59 Å². The summed E-state index contributed by atoms with van der Waals surface area (Å²) < 4.78 is 4.88. The third kappa shape index (κ3) is 3.16. The number of pyridine rings is 1. The average Bonchev–Trinajstić information content (AvgIpc) is 2.43. The number of carboxylic acids is 1. The minimum atomic E-state index is -0.990. The Balaban J connectivity index is 2.28. The molecule has 0 amide bonds. The number of benzene rings is 1. The largest absolute Gasteiger partial charge is 0.480 e. The standard InChI is InChI=1S/C14H16N2O4/c1-20-7-6-11(14(18)19)15-12-8-9-4-2-3-5-10(9)13(17)16-12/h2-5,8,11H,6-7H2,1H3,(H,18,19)(H2,15,16,17). The highest BCUT2D eigenvalue weighted by atomic mass is 16.5. The van der Waals surface area contributed by atoms with Crippen molar-refractivity contribution in [2.24, 2.45) is 0 Å². The van der Waals surface area contributed by atoms with Gasteiger partial charge in [0.2, 0.25) is 0 Å². The van der Waals surface area contributed by atoms with Gasteiger partial charge in [0.25, 0.3) is 5.56 Å². The van der Waals surface area contributed by atoms with Crippen molar-refractivity contribution in [3.8, 4) is 0 Å². The maximum Gasteiger partial charge on any atom is 0.326 e. The van der Waals surface area contributed by atoms with E-state index in [0.29, 0.717) is 24.2 Å². The summed E-state index contributed by atoms with van der Waals surface area (Å²) >= 11 is 0. The molecule has 0 saturated carbocycles. The molecule has 2 rings (SSSR count). The van der Waals surface area contributed by atoms with Gasteiger partial charge in [-0.1, -0.05) is 18.2 Å². The van der Waals surface area contributed by atoms with Gasteiger partial charge in [0.1, 0.15) is 11.9 Å². The van der Waals surface area contributed by atoms with Gasteiger partial charge in [0, 0.05) is 25.5 Å². The molecule has 1 aromatic heterocycles. The lowest BCUT2D eigenvalue weighted by Crippen LogP contribution is -2.31. The molecule has 0 radical (unpaired) electrons. The third-order valence-electron chi connectivity index (χ3n) is 2.99. The number of rotatable bonds is 6. The predicted octanol–water partition coefficient (Wildman–Crippen LogP) is 1.43. The molecule has 0 fully saturated rings. The Labute approximate surface area is 115 Å². The number of hydrogen-bond donors (Lipinski definition) is 3. The Morgan fingerprint density at radius 1 is 1.45 bits per heavy atom. The van der Waals surface area contributed by atoms with Crippen molar-refractivity contribution in [1.82, 2.24) is 4.98 Å². The molecule has 0 aliphatic heterocycles. The second kappa shape index (κ2) is 6.21. The first kappa shape index (κ1) is 14.1. The first-order valence-electron chi connectivity index (χ1n) is 6.22. The van der Waals surface area contributed by atoms with Crippen LogP contribution in [0.3, 0.4) is 0 Å². The summed E-state index contributed by atoms with van der Waals surface area (Å²) in [6, 6.07) is 8.04. The number of nitrogens with one attached hydrogen (secondary N) is 2. The summed E-state index contributed by atoms with van der Waals surface area (Å²) in [5.74, 6) is -0.603. The summed E-state index contributed by atoms with van der Waals surface area (Å²) in [7, 11) is 1.51. The van der Waals surface area contributed by atoms with E-state index in [1.807, 2.05) is 6.07 Å². The summed E-state index contributed by atoms with van der Waals surface area (Å²) in [5.41, 5.74) is -0.249. The molecule has 6 nitrogen and oxygen atoms in total. The smallest absolute Gasteiger partial charge is 0.326 e. The highest BCUT2D eigenvalue weighted by Gasteiger charge is 2.17. The molecular formula is C14H16N2O4. The molecule has 3 N–H and O–H groups in total. The minimum absolute atomic E-state index is 0.249. The second-order valence-electron chi connectivity index (χ2n) is 4.42. The van der Waals surface area contributed by atoms with E-state index in [1.165, 1.54) is 7.11 Å².